The Morgan fingerprint density at radius 3 is 1.42 bits per heavy atom. The minimum atomic E-state index is -0.152. The van der Waals surface area contributed by atoms with Gasteiger partial charge in [0.05, 0.1) is 13.2 Å². The molecule has 0 aliphatic carbocycles. The molecule has 3 nitrogen and oxygen atoms in total. The molecule has 0 amide bonds. The Labute approximate surface area is 164 Å². The molecular weight excluding hydrogens is 324 g/mol. The lowest BCUT2D eigenvalue weighted by atomic mass is 10.0. The Morgan fingerprint density at radius 2 is 1.04 bits per heavy atom. The van der Waals surface area contributed by atoms with Crippen molar-refractivity contribution in [3.8, 4) is 0 Å². The van der Waals surface area contributed by atoms with E-state index in [1.165, 1.54) is 96.3 Å². The second-order valence-corrected chi connectivity index (χ2v) is 7.64. The summed E-state index contributed by atoms with van der Waals surface area (Å²) in [4.78, 5) is 0. The van der Waals surface area contributed by atoms with Crippen molar-refractivity contribution in [2.75, 3.05) is 26.4 Å². The normalized spacial score (nSPS) is 12.6. The van der Waals surface area contributed by atoms with Crippen LogP contribution < -0.4 is 0 Å². The highest BCUT2D eigenvalue weighted by molar-refractivity contribution is 4.53. The van der Waals surface area contributed by atoms with Crippen molar-refractivity contribution < 1.29 is 14.6 Å². The first-order valence-corrected chi connectivity index (χ1v) is 11.6. The fraction of sp³-hybridized carbons (Fsp3) is 1.00. The third kappa shape index (κ3) is 20.2. The number of hydrogen-bond acceptors (Lipinski definition) is 3. The lowest BCUT2D eigenvalue weighted by Crippen LogP contribution is -2.24. The zero-order valence-electron chi connectivity index (χ0n) is 18.0. The molecule has 0 aromatic rings. The molecule has 0 fully saturated rings. The topological polar surface area (TPSA) is 38.7 Å². The average Bonchev–Trinajstić information content (AvgIpc) is 2.66. The second-order valence-electron chi connectivity index (χ2n) is 7.64. The van der Waals surface area contributed by atoms with Crippen LogP contribution in [0.3, 0.4) is 0 Å². The third-order valence-electron chi connectivity index (χ3n) is 5.05. The van der Waals surface area contributed by atoms with Crippen LogP contribution in [0.4, 0.5) is 0 Å². The maximum absolute atomic E-state index is 9.10. The van der Waals surface area contributed by atoms with Crippen LogP contribution in [0.15, 0.2) is 0 Å². The van der Waals surface area contributed by atoms with Crippen molar-refractivity contribution >= 4 is 0 Å². The lowest BCUT2D eigenvalue weighted by molar-refractivity contribution is -0.0384. The predicted molar refractivity (Wildman–Crippen MR) is 113 cm³/mol. The van der Waals surface area contributed by atoms with E-state index in [9.17, 15) is 0 Å². The second kappa shape index (κ2) is 22.9. The highest BCUT2D eigenvalue weighted by Gasteiger charge is 2.05. The Balaban J connectivity index is 3.07. The van der Waals surface area contributed by atoms with E-state index in [-0.39, 0.29) is 12.7 Å². The predicted octanol–water partition coefficient (Wildman–Crippen LogP) is 6.66. The zero-order valence-corrected chi connectivity index (χ0v) is 18.0. The molecule has 26 heavy (non-hydrogen) atoms. The molecule has 0 aliphatic rings. The standard InChI is InChI=1S/C23H48O3/c1-3-5-6-7-8-9-10-11-12-13-14-15-16-17-18-19-20-25-22-23(21-24)26-4-2/h23-24H,3-22H2,1-2H3. The van der Waals surface area contributed by atoms with Crippen molar-refractivity contribution in [2.24, 2.45) is 0 Å². The van der Waals surface area contributed by atoms with E-state index in [2.05, 4.69) is 6.92 Å². The number of unbranched alkanes of at least 4 members (excludes halogenated alkanes) is 15. The van der Waals surface area contributed by atoms with Gasteiger partial charge in [-0.1, -0.05) is 103 Å². The van der Waals surface area contributed by atoms with Crippen LogP contribution in [-0.2, 0) is 9.47 Å². The summed E-state index contributed by atoms with van der Waals surface area (Å²) in [6, 6.07) is 0. The van der Waals surface area contributed by atoms with Gasteiger partial charge in [0, 0.05) is 13.2 Å². The van der Waals surface area contributed by atoms with Gasteiger partial charge >= 0.3 is 0 Å². The highest BCUT2D eigenvalue weighted by atomic mass is 16.5. The smallest absolute Gasteiger partial charge is 0.104 e. The average molecular weight is 373 g/mol. The molecule has 0 spiro atoms. The van der Waals surface area contributed by atoms with Gasteiger partial charge < -0.3 is 14.6 Å². The number of hydrogen-bond donors (Lipinski definition) is 1. The van der Waals surface area contributed by atoms with Crippen LogP contribution in [0.1, 0.15) is 117 Å². The van der Waals surface area contributed by atoms with Gasteiger partial charge in [-0.15, -0.1) is 0 Å². The molecule has 0 heterocycles. The summed E-state index contributed by atoms with van der Waals surface area (Å²) in [7, 11) is 0. The van der Waals surface area contributed by atoms with Crippen molar-refractivity contribution in [1.82, 2.24) is 0 Å². The maximum Gasteiger partial charge on any atom is 0.104 e. The first-order chi connectivity index (χ1) is 12.8. The summed E-state index contributed by atoms with van der Waals surface area (Å²) in [6.45, 7) is 6.22. The number of ether oxygens (including phenoxy) is 2. The molecule has 0 aliphatic heterocycles. The molecule has 0 aromatic heterocycles. The molecule has 158 valence electrons. The van der Waals surface area contributed by atoms with Gasteiger partial charge in [0.25, 0.3) is 0 Å². The van der Waals surface area contributed by atoms with Gasteiger partial charge in [0.2, 0.25) is 0 Å². The summed E-state index contributed by atoms with van der Waals surface area (Å²) in [5.74, 6) is 0. The fourth-order valence-electron chi connectivity index (χ4n) is 3.36. The first-order valence-electron chi connectivity index (χ1n) is 11.6. The van der Waals surface area contributed by atoms with E-state index in [0.29, 0.717) is 13.2 Å². The third-order valence-corrected chi connectivity index (χ3v) is 5.05. The van der Waals surface area contributed by atoms with Gasteiger partial charge in [-0.3, -0.25) is 0 Å². The van der Waals surface area contributed by atoms with E-state index in [4.69, 9.17) is 14.6 Å². The fourth-order valence-corrected chi connectivity index (χ4v) is 3.36. The molecule has 0 bridgehead atoms. The van der Waals surface area contributed by atoms with Crippen LogP contribution in [-0.4, -0.2) is 37.6 Å². The monoisotopic (exact) mass is 372 g/mol. The SMILES string of the molecule is CCCCCCCCCCCCCCCCCCOCC(CO)OCC. The van der Waals surface area contributed by atoms with E-state index < -0.39 is 0 Å². The molecule has 3 heteroatoms. The van der Waals surface area contributed by atoms with E-state index >= 15 is 0 Å². The summed E-state index contributed by atoms with van der Waals surface area (Å²) in [6.07, 6.45) is 22.1. The zero-order chi connectivity index (χ0) is 19.1. The minimum Gasteiger partial charge on any atom is -0.394 e. The number of aliphatic hydroxyl groups is 1. The molecule has 0 saturated carbocycles. The molecule has 1 unspecified atom stereocenters. The molecule has 0 saturated heterocycles. The van der Waals surface area contributed by atoms with E-state index in [0.717, 1.165) is 13.0 Å². The molecule has 1 N–H and O–H groups in total. The van der Waals surface area contributed by atoms with Gasteiger partial charge in [-0.2, -0.15) is 0 Å². The summed E-state index contributed by atoms with van der Waals surface area (Å²) < 4.78 is 10.9. The quantitative estimate of drug-likeness (QED) is 0.216. The lowest BCUT2D eigenvalue weighted by Gasteiger charge is -2.14. The molecule has 1 atom stereocenters. The molecular formula is C23H48O3. The van der Waals surface area contributed by atoms with Crippen molar-refractivity contribution in [3.63, 3.8) is 0 Å². The van der Waals surface area contributed by atoms with Gasteiger partial charge in [-0.25, -0.2) is 0 Å². The van der Waals surface area contributed by atoms with Crippen molar-refractivity contribution in [1.29, 1.82) is 0 Å². The Bertz CT molecular complexity index is 246. The van der Waals surface area contributed by atoms with Crippen LogP contribution >= 0.6 is 0 Å². The van der Waals surface area contributed by atoms with Gasteiger partial charge in [-0.05, 0) is 13.3 Å². The molecule has 0 rings (SSSR count). The largest absolute Gasteiger partial charge is 0.394 e. The summed E-state index contributed by atoms with van der Waals surface area (Å²) in [5, 5.41) is 9.10. The van der Waals surface area contributed by atoms with Crippen molar-refractivity contribution in [3.05, 3.63) is 0 Å². The highest BCUT2D eigenvalue weighted by Crippen LogP contribution is 2.13. The van der Waals surface area contributed by atoms with Crippen LogP contribution in [0.25, 0.3) is 0 Å². The Morgan fingerprint density at radius 1 is 0.615 bits per heavy atom. The Kier molecular flexibility index (Phi) is 22.8. The minimum absolute atomic E-state index is 0.0484. The van der Waals surface area contributed by atoms with Gasteiger partial charge in [0.1, 0.15) is 6.10 Å². The van der Waals surface area contributed by atoms with E-state index in [1.54, 1.807) is 0 Å². The number of aliphatic hydroxyl groups excluding tert-OH is 1. The number of rotatable bonds is 22. The first kappa shape index (κ1) is 25.9. The van der Waals surface area contributed by atoms with Gasteiger partial charge in [0.15, 0.2) is 0 Å². The van der Waals surface area contributed by atoms with E-state index in [1.807, 2.05) is 6.92 Å². The van der Waals surface area contributed by atoms with Crippen LogP contribution in [0.5, 0.6) is 0 Å². The van der Waals surface area contributed by atoms with Crippen molar-refractivity contribution in [2.45, 2.75) is 123 Å². The Hall–Kier alpha value is -0.120. The molecule has 0 radical (unpaired) electrons. The maximum atomic E-state index is 9.10. The van der Waals surface area contributed by atoms with Crippen LogP contribution in [0, 0.1) is 0 Å². The van der Waals surface area contributed by atoms with Crippen LogP contribution in [0.2, 0.25) is 0 Å². The summed E-state index contributed by atoms with van der Waals surface area (Å²) >= 11 is 0. The summed E-state index contributed by atoms with van der Waals surface area (Å²) in [5.41, 5.74) is 0. The molecule has 0 aromatic carbocycles.